The van der Waals surface area contributed by atoms with Gasteiger partial charge in [-0.3, -0.25) is 0 Å². The second-order valence-corrected chi connectivity index (χ2v) is 5.32. The first-order valence-corrected chi connectivity index (χ1v) is 7.41. The van der Waals surface area contributed by atoms with Gasteiger partial charge in [0.05, 0.1) is 22.2 Å². The minimum absolute atomic E-state index is 0.223. The van der Waals surface area contributed by atoms with Gasteiger partial charge in [-0.15, -0.1) is 11.8 Å². The lowest BCUT2D eigenvalue weighted by atomic mass is 10.1. The maximum atomic E-state index is 8.93. The largest absolute Gasteiger partial charge is 0.360 e. The van der Waals surface area contributed by atoms with Gasteiger partial charge >= 0.3 is 0 Å². The molecule has 3 aromatic rings. The summed E-state index contributed by atoms with van der Waals surface area (Å²) in [5.74, 6) is 0. The van der Waals surface area contributed by atoms with E-state index in [0.717, 1.165) is 27.1 Å². The lowest BCUT2D eigenvalue weighted by Crippen LogP contribution is -1.90. The predicted octanol–water partition coefficient (Wildman–Crippen LogP) is 3.87. The van der Waals surface area contributed by atoms with Crippen LogP contribution in [0, 0.1) is 11.3 Å². The normalized spacial score (nSPS) is 10.7. The molecule has 0 bridgehead atoms. The van der Waals surface area contributed by atoms with Crippen molar-refractivity contribution in [3.8, 4) is 17.3 Å². The van der Waals surface area contributed by atoms with Gasteiger partial charge in [-0.25, -0.2) is 9.97 Å². The molecule has 3 rings (SSSR count). The first-order chi connectivity index (χ1) is 9.72. The predicted molar refractivity (Wildman–Crippen MR) is 80.8 cm³/mol. The molecule has 4 nitrogen and oxygen atoms in total. The topological polar surface area (TPSA) is 65.4 Å². The van der Waals surface area contributed by atoms with Crippen LogP contribution in [0.4, 0.5) is 0 Å². The summed E-state index contributed by atoms with van der Waals surface area (Å²) >= 11 is 7.47. The molecular weight excluding hydrogens is 292 g/mol. The van der Waals surface area contributed by atoms with Crippen molar-refractivity contribution in [1.29, 1.82) is 5.26 Å². The van der Waals surface area contributed by atoms with Gasteiger partial charge in [0.2, 0.25) is 5.28 Å². The van der Waals surface area contributed by atoms with E-state index in [4.69, 9.17) is 16.9 Å². The Hall–Kier alpha value is -2.03. The number of nitrogens with zero attached hydrogens (tertiary/aromatic N) is 3. The van der Waals surface area contributed by atoms with Crippen LogP contribution in [-0.4, -0.2) is 21.2 Å². The molecule has 98 valence electrons. The third-order valence-corrected chi connectivity index (χ3v) is 3.93. The number of nitriles is 1. The fourth-order valence-corrected chi connectivity index (χ4v) is 2.72. The molecule has 6 heteroatoms. The van der Waals surface area contributed by atoms with Crippen molar-refractivity contribution in [2.75, 3.05) is 6.26 Å². The number of rotatable bonds is 2. The van der Waals surface area contributed by atoms with Gasteiger partial charge in [0.15, 0.2) is 0 Å². The molecule has 0 atom stereocenters. The van der Waals surface area contributed by atoms with Crippen molar-refractivity contribution >= 4 is 34.3 Å². The zero-order valence-corrected chi connectivity index (χ0v) is 12.1. The fraction of sp³-hybridized carbons (Fsp3) is 0.0714. The molecule has 2 aromatic heterocycles. The number of aromatic amines is 1. The molecular formula is C14H9ClN4S. The van der Waals surface area contributed by atoms with Crippen LogP contribution in [0.2, 0.25) is 5.28 Å². The summed E-state index contributed by atoms with van der Waals surface area (Å²) in [5.41, 5.74) is 3.28. The molecule has 1 aromatic carbocycles. The highest BCUT2D eigenvalue weighted by Gasteiger charge is 2.13. The second-order valence-electron chi connectivity index (χ2n) is 4.13. The van der Waals surface area contributed by atoms with E-state index < -0.39 is 0 Å². The molecule has 0 amide bonds. The average Bonchev–Trinajstić information content (AvgIpc) is 2.89. The molecule has 0 aliphatic rings. The highest BCUT2D eigenvalue weighted by molar-refractivity contribution is 7.98. The number of nitrogens with one attached hydrogen (secondary N) is 1. The van der Waals surface area contributed by atoms with Gasteiger partial charge in [-0.05, 0) is 30.0 Å². The Morgan fingerprint density at radius 2 is 2.25 bits per heavy atom. The van der Waals surface area contributed by atoms with Crippen LogP contribution in [0.3, 0.4) is 0 Å². The van der Waals surface area contributed by atoms with E-state index in [9.17, 15) is 0 Å². The summed E-state index contributed by atoms with van der Waals surface area (Å²) in [6, 6.07) is 7.66. The van der Waals surface area contributed by atoms with Crippen LogP contribution in [0.25, 0.3) is 22.2 Å². The SMILES string of the molecule is CSc1cnc(Cl)nc1-c1c[nH]c2cc(C#N)ccc12. The Kier molecular flexibility index (Phi) is 3.35. The first kappa shape index (κ1) is 13.0. The van der Waals surface area contributed by atoms with Crippen molar-refractivity contribution in [2.45, 2.75) is 4.90 Å². The van der Waals surface area contributed by atoms with Gasteiger partial charge < -0.3 is 4.98 Å². The number of aromatic nitrogens is 3. The molecule has 0 aliphatic carbocycles. The number of hydrogen-bond donors (Lipinski definition) is 1. The quantitative estimate of drug-likeness (QED) is 0.576. The standard InChI is InChI=1S/C14H9ClN4S/c1-20-12-7-18-14(15)19-13(12)10-6-17-11-4-8(5-16)2-3-9(10)11/h2-4,6-7,17H,1H3. The molecule has 1 N–H and O–H groups in total. The molecule has 0 spiro atoms. The zero-order valence-electron chi connectivity index (χ0n) is 10.5. The lowest BCUT2D eigenvalue weighted by Gasteiger charge is -2.05. The van der Waals surface area contributed by atoms with Crippen molar-refractivity contribution in [2.24, 2.45) is 0 Å². The minimum atomic E-state index is 0.223. The molecule has 20 heavy (non-hydrogen) atoms. The Labute approximate surface area is 124 Å². The lowest BCUT2D eigenvalue weighted by molar-refractivity contribution is 1.11. The summed E-state index contributed by atoms with van der Waals surface area (Å²) in [7, 11) is 0. The van der Waals surface area contributed by atoms with E-state index in [1.807, 2.05) is 24.6 Å². The van der Waals surface area contributed by atoms with Crippen molar-refractivity contribution in [1.82, 2.24) is 15.0 Å². The van der Waals surface area contributed by atoms with Crippen LogP contribution in [0.15, 0.2) is 35.5 Å². The van der Waals surface area contributed by atoms with Gasteiger partial charge in [-0.1, -0.05) is 6.07 Å². The number of H-pyrrole nitrogens is 1. The van der Waals surface area contributed by atoms with Crippen LogP contribution < -0.4 is 0 Å². The smallest absolute Gasteiger partial charge is 0.222 e. The van der Waals surface area contributed by atoms with Crippen molar-refractivity contribution in [3.63, 3.8) is 0 Å². The van der Waals surface area contributed by atoms with E-state index in [0.29, 0.717) is 5.56 Å². The van der Waals surface area contributed by atoms with E-state index in [1.54, 1.807) is 24.0 Å². The Morgan fingerprint density at radius 1 is 1.40 bits per heavy atom. The van der Waals surface area contributed by atoms with Gasteiger partial charge in [-0.2, -0.15) is 5.26 Å². The van der Waals surface area contributed by atoms with E-state index in [1.165, 1.54) is 0 Å². The summed E-state index contributed by atoms with van der Waals surface area (Å²) < 4.78 is 0. The summed E-state index contributed by atoms with van der Waals surface area (Å²) in [4.78, 5) is 12.5. The Balaban J connectivity index is 2.25. The molecule has 0 unspecified atom stereocenters. The Bertz CT molecular complexity index is 835. The molecule has 0 aliphatic heterocycles. The summed E-state index contributed by atoms with van der Waals surface area (Å²) in [6.45, 7) is 0. The van der Waals surface area contributed by atoms with Crippen molar-refractivity contribution < 1.29 is 0 Å². The summed E-state index contributed by atoms with van der Waals surface area (Å²) in [6.07, 6.45) is 5.57. The van der Waals surface area contributed by atoms with E-state index >= 15 is 0 Å². The highest BCUT2D eigenvalue weighted by Crippen LogP contribution is 2.33. The third kappa shape index (κ3) is 2.13. The second kappa shape index (κ2) is 5.16. The summed E-state index contributed by atoms with van der Waals surface area (Å²) in [5, 5.41) is 10.2. The van der Waals surface area contributed by atoms with Crippen LogP contribution in [-0.2, 0) is 0 Å². The Morgan fingerprint density at radius 3 is 3.00 bits per heavy atom. The third-order valence-electron chi connectivity index (χ3n) is 3.01. The first-order valence-electron chi connectivity index (χ1n) is 5.81. The highest BCUT2D eigenvalue weighted by atomic mass is 35.5. The molecule has 0 fully saturated rings. The van der Waals surface area contributed by atoms with Gasteiger partial charge in [0, 0.05) is 28.9 Å². The zero-order chi connectivity index (χ0) is 14.1. The molecule has 2 heterocycles. The van der Waals surface area contributed by atoms with Gasteiger partial charge in [0.25, 0.3) is 0 Å². The van der Waals surface area contributed by atoms with Crippen molar-refractivity contribution in [3.05, 3.63) is 41.4 Å². The molecule has 0 saturated carbocycles. The van der Waals surface area contributed by atoms with E-state index in [-0.39, 0.29) is 5.28 Å². The number of thioether (sulfide) groups is 1. The maximum absolute atomic E-state index is 8.93. The average molecular weight is 301 g/mol. The molecule has 0 radical (unpaired) electrons. The number of benzene rings is 1. The van der Waals surface area contributed by atoms with Gasteiger partial charge in [0.1, 0.15) is 0 Å². The number of fused-ring (bicyclic) bond motifs is 1. The van der Waals surface area contributed by atoms with Crippen LogP contribution in [0.5, 0.6) is 0 Å². The van der Waals surface area contributed by atoms with Crippen LogP contribution >= 0.6 is 23.4 Å². The molecule has 0 saturated heterocycles. The number of halogens is 1. The minimum Gasteiger partial charge on any atom is -0.360 e. The maximum Gasteiger partial charge on any atom is 0.222 e. The fourth-order valence-electron chi connectivity index (χ4n) is 2.08. The van der Waals surface area contributed by atoms with Crippen LogP contribution in [0.1, 0.15) is 5.56 Å². The monoisotopic (exact) mass is 300 g/mol. The number of hydrogen-bond acceptors (Lipinski definition) is 4. The van der Waals surface area contributed by atoms with E-state index in [2.05, 4.69) is 21.0 Å².